The number of carbonyl (C=O) groups excluding carboxylic acids is 1. The Kier molecular flexibility index (Phi) is 4.42. The van der Waals surface area contributed by atoms with E-state index >= 15 is 0 Å². The molecule has 0 fully saturated rings. The lowest BCUT2D eigenvalue weighted by Gasteiger charge is -2.09. The van der Waals surface area contributed by atoms with E-state index in [2.05, 4.69) is 25.9 Å². The molecule has 0 saturated carbocycles. The zero-order valence-corrected chi connectivity index (χ0v) is 13.3. The highest BCUT2D eigenvalue weighted by Gasteiger charge is 2.17. The molecule has 2 rings (SSSR count). The van der Waals surface area contributed by atoms with Gasteiger partial charge in [0, 0.05) is 6.20 Å². The van der Waals surface area contributed by atoms with Gasteiger partial charge in [-0.25, -0.2) is 9.78 Å². The summed E-state index contributed by atoms with van der Waals surface area (Å²) >= 11 is 4.99. The molecular formula is C13H13BrN2O2S. The summed E-state index contributed by atoms with van der Waals surface area (Å²) in [6.45, 7) is 4.09. The highest BCUT2D eigenvalue weighted by Crippen LogP contribution is 2.29. The van der Waals surface area contributed by atoms with Gasteiger partial charge in [-0.15, -0.1) is 11.8 Å². The van der Waals surface area contributed by atoms with Gasteiger partial charge in [0.15, 0.2) is 0 Å². The van der Waals surface area contributed by atoms with E-state index in [1.54, 1.807) is 18.7 Å². The molecule has 6 heteroatoms. The highest BCUT2D eigenvalue weighted by molar-refractivity contribution is 9.10. The summed E-state index contributed by atoms with van der Waals surface area (Å²) in [5.74, 6) is -0.391. The first kappa shape index (κ1) is 14.3. The number of thioether (sulfide) groups is 1. The van der Waals surface area contributed by atoms with Crippen molar-refractivity contribution in [3.8, 4) is 0 Å². The summed E-state index contributed by atoms with van der Waals surface area (Å²) < 4.78 is 5.64. The van der Waals surface area contributed by atoms with E-state index in [4.69, 9.17) is 4.74 Å². The number of hydrogen-bond donors (Lipinski definition) is 0. The van der Waals surface area contributed by atoms with Gasteiger partial charge in [0.1, 0.15) is 5.52 Å². The Bertz CT molecular complexity index is 646. The molecule has 100 valence electrons. The maximum atomic E-state index is 11.8. The zero-order chi connectivity index (χ0) is 14.0. The molecule has 0 unspecified atom stereocenters. The van der Waals surface area contributed by atoms with Crippen LogP contribution in [0.15, 0.2) is 21.8 Å². The molecule has 2 aromatic heterocycles. The third kappa shape index (κ3) is 2.74. The third-order valence-electron chi connectivity index (χ3n) is 2.63. The van der Waals surface area contributed by atoms with Crippen LogP contribution in [-0.4, -0.2) is 28.8 Å². The number of nitrogens with zero attached hydrogens (tertiary/aromatic N) is 2. The fourth-order valence-electron chi connectivity index (χ4n) is 1.72. The molecule has 0 aliphatic heterocycles. The Morgan fingerprint density at radius 2 is 2.21 bits per heavy atom. The largest absolute Gasteiger partial charge is 0.462 e. The maximum absolute atomic E-state index is 11.8. The molecule has 0 N–H and O–H groups in total. The number of esters is 1. The lowest BCUT2D eigenvalue weighted by molar-refractivity contribution is 0.0525. The van der Waals surface area contributed by atoms with E-state index in [-0.39, 0.29) is 0 Å². The second-order valence-corrected chi connectivity index (χ2v) is 5.50. The van der Waals surface area contributed by atoms with Gasteiger partial charge in [0.05, 0.1) is 27.2 Å². The van der Waals surface area contributed by atoms with E-state index < -0.39 is 5.97 Å². The van der Waals surface area contributed by atoms with Crippen LogP contribution in [0.2, 0.25) is 0 Å². The highest BCUT2D eigenvalue weighted by atomic mass is 79.9. The number of rotatable bonds is 3. The maximum Gasteiger partial charge on any atom is 0.340 e. The lowest BCUT2D eigenvalue weighted by Crippen LogP contribution is -2.07. The fraction of sp³-hybridized carbons (Fsp3) is 0.308. The fourth-order valence-corrected chi connectivity index (χ4v) is 2.74. The number of hydrogen-bond acceptors (Lipinski definition) is 5. The summed E-state index contributed by atoms with van der Waals surface area (Å²) in [7, 11) is 0. The smallest absolute Gasteiger partial charge is 0.340 e. The van der Waals surface area contributed by atoms with Crippen molar-refractivity contribution < 1.29 is 9.53 Å². The lowest BCUT2D eigenvalue weighted by atomic mass is 10.2. The van der Waals surface area contributed by atoms with Crippen molar-refractivity contribution in [2.45, 2.75) is 18.9 Å². The Morgan fingerprint density at radius 1 is 1.47 bits per heavy atom. The van der Waals surface area contributed by atoms with Crippen molar-refractivity contribution in [1.82, 2.24) is 9.97 Å². The zero-order valence-electron chi connectivity index (χ0n) is 10.9. The summed E-state index contributed by atoms with van der Waals surface area (Å²) in [4.78, 5) is 20.6. The molecule has 4 nitrogen and oxygen atoms in total. The predicted octanol–water partition coefficient (Wildman–Crippen LogP) is 3.60. The Morgan fingerprint density at radius 3 is 2.84 bits per heavy atom. The van der Waals surface area contributed by atoms with Gasteiger partial charge in [-0.2, -0.15) is 0 Å². The monoisotopic (exact) mass is 340 g/mol. The van der Waals surface area contributed by atoms with E-state index in [1.807, 2.05) is 19.2 Å². The predicted molar refractivity (Wildman–Crippen MR) is 79.7 cm³/mol. The number of carbonyl (C=O) groups is 1. The molecule has 2 aromatic rings. The van der Waals surface area contributed by atoms with Crippen LogP contribution < -0.4 is 0 Å². The minimum absolute atomic E-state index is 0.334. The van der Waals surface area contributed by atoms with Crippen LogP contribution in [0.25, 0.3) is 11.0 Å². The van der Waals surface area contributed by atoms with Gasteiger partial charge in [-0.05, 0) is 47.7 Å². The van der Waals surface area contributed by atoms with Crippen LogP contribution in [0.1, 0.15) is 22.8 Å². The van der Waals surface area contributed by atoms with Gasteiger partial charge < -0.3 is 4.74 Å². The quantitative estimate of drug-likeness (QED) is 0.631. The van der Waals surface area contributed by atoms with Crippen LogP contribution >= 0.6 is 27.7 Å². The minimum Gasteiger partial charge on any atom is -0.462 e. The van der Waals surface area contributed by atoms with Crippen molar-refractivity contribution >= 4 is 44.7 Å². The number of pyridine rings is 2. The minimum atomic E-state index is -0.391. The molecule has 0 amide bonds. The van der Waals surface area contributed by atoms with Gasteiger partial charge in [-0.1, -0.05) is 0 Å². The van der Waals surface area contributed by atoms with E-state index in [1.165, 1.54) is 6.20 Å². The normalized spacial score (nSPS) is 10.7. The van der Waals surface area contributed by atoms with Crippen molar-refractivity contribution in [3.63, 3.8) is 0 Å². The Labute approximate surface area is 124 Å². The van der Waals surface area contributed by atoms with Crippen molar-refractivity contribution in [2.24, 2.45) is 0 Å². The average Bonchev–Trinajstić information content (AvgIpc) is 2.39. The second-order valence-electron chi connectivity index (χ2n) is 3.89. The summed E-state index contributed by atoms with van der Waals surface area (Å²) in [5, 5.41) is 0.897. The Balaban J connectivity index is 2.66. The molecule has 0 spiro atoms. The van der Waals surface area contributed by atoms with Crippen LogP contribution in [0.5, 0.6) is 0 Å². The van der Waals surface area contributed by atoms with Gasteiger partial charge in [0.25, 0.3) is 0 Å². The summed E-state index contributed by atoms with van der Waals surface area (Å²) in [6, 6.07) is 1.98. The van der Waals surface area contributed by atoms with Crippen LogP contribution in [-0.2, 0) is 4.74 Å². The van der Waals surface area contributed by atoms with Crippen molar-refractivity contribution in [1.29, 1.82) is 0 Å². The standard InChI is InChI=1S/C13H13BrN2O2S/c1-4-18-13(17)8-6-15-11-7(2)5-9(19-3)16-12(11)10(8)14/h5-6H,4H2,1-3H3. The van der Waals surface area contributed by atoms with Crippen molar-refractivity contribution in [3.05, 3.63) is 27.9 Å². The topological polar surface area (TPSA) is 52.1 Å². The van der Waals surface area contributed by atoms with Gasteiger partial charge >= 0.3 is 5.97 Å². The molecular weight excluding hydrogens is 328 g/mol. The first-order valence-electron chi connectivity index (χ1n) is 5.75. The van der Waals surface area contributed by atoms with E-state index in [0.29, 0.717) is 22.2 Å². The molecule has 0 aromatic carbocycles. The molecule has 19 heavy (non-hydrogen) atoms. The number of ether oxygens (including phenoxy) is 1. The number of aryl methyl sites for hydroxylation is 1. The summed E-state index contributed by atoms with van der Waals surface area (Å²) in [5.41, 5.74) is 2.91. The molecule has 2 heterocycles. The summed E-state index contributed by atoms with van der Waals surface area (Å²) in [6.07, 6.45) is 3.49. The number of aromatic nitrogens is 2. The second kappa shape index (κ2) is 5.88. The van der Waals surface area contributed by atoms with Crippen LogP contribution in [0.4, 0.5) is 0 Å². The Hall–Kier alpha value is -1.14. The molecule has 0 saturated heterocycles. The molecule has 0 radical (unpaired) electrons. The SMILES string of the molecule is CCOC(=O)c1cnc2c(C)cc(SC)nc2c1Br. The average molecular weight is 341 g/mol. The molecule has 0 aliphatic rings. The molecule has 0 bridgehead atoms. The van der Waals surface area contributed by atoms with Crippen molar-refractivity contribution in [2.75, 3.05) is 12.9 Å². The molecule has 0 atom stereocenters. The number of fused-ring (bicyclic) bond motifs is 1. The molecule has 0 aliphatic carbocycles. The van der Waals surface area contributed by atoms with Gasteiger partial charge in [0.2, 0.25) is 0 Å². The van der Waals surface area contributed by atoms with Crippen LogP contribution in [0, 0.1) is 6.92 Å². The van der Waals surface area contributed by atoms with E-state index in [9.17, 15) is 4.79 Å². The first-order valence-corrected chi connectivity index (χ1v) is 7.77. The first-order chi connectivity index (χ1) is 9.08. The van der Waals surface area contributed by atoms with Crippen LogP contribution in [0.3, 0.4) is 0 Å². The number of halogens is 1. The van der Waals surface area contributed by atoms with Gasteiger partial charge in [-0.3, -0.25) is 4.98 Å². The third-order valence-corrected chi connectivity index (χ3v) is 4.06. The van der Waals surface area contributed by atoms with E-state index in [0.717, 1.165) is 16.1 Å².